The lowest BCUT2D eigenvalue weighted by molar-refractivity contribution is 0.0915. The van der Waals surface area contributed by atoms with Gasteiger partial charge in [-0.05, 0) is 78.0 Å². The number of ether oxygens (including phenoxy) is 1. The molecule has 3 heterocycles. The average Bonchev–Trinajstić information content (AvgIpc) is 3.40. The summed E-state index contributed by atoms with van der Waals surface area (Å²) >= 11 is 3.62. The third-order valence-corrected chi connectivity index (χ3v) is 7.26. The van der Waals surface area contributed by atoms with Crippen LogP contribution in [0.4, 0.5) is 0 Å². The van der Waals surface area contributed by atoms with Gasteiger partial charge >= 0.3 is 0 Å². The molecule has 8 heteroatoms. The van der Waals surface area contributed by atoms with Gasteiger partial charge in [0.2, 0.25) is 0 Å². The Labute approximate surface area is 211 Å². The summed E-state index contributed by atoms with van der Waals surface area (Å²) in [5.74, 6) is 0.295. The summed E-state index contributed by atoms with van der Waals surface area (Å²) in [6, 6.07) is 13.0. The van der Waals surface area contributed by atoms with E-state index in [-0.39, 0.29) is 24.4 Å². The van der Waals surface area contributed by atoms with Gasteiger partial charge in [-0.15, -0.1) is 0 Å². The van der Waals surface area contributed by atoms with E-state index in [0.29, 0.717) is 28.9 Å². The van der Waals surface area contributed by atoms with Gasteiger partial charge in [-0.3, -0.25) is 4.79 Å². The van der Waals surface area contributed by atoms with Crippen LogP contribution in [0.2, 0.25) is 0 Å². The number of nitrogens with zero attached hydrogens (tertiary/aromatic N) is 1. The van der Waals surface area contributed by atoms with E-state index in [0.717, 1.165) is 39.7 Å². The molecule has 35 heavy (non-hydrogen) atoms. The Hall–Kier alpha value is -3.23. The molecule has 1 aliphatic heterocycles. The van der Waals surface area contributed by atoms with Crippen molar-refractivity contribution in [2.24, 2.45) is 0 Å². The molecule has 2 aromatic carbocycles. The van der Waals surface area contributed by atoms with Gasteiger partial charge in [0.15, 0.2) is 11.5 Å². The van der Waals surface area contributed by atoms with Crippen LogP contribution in [0.5, 0.6) is 11.5 Å². The number of aryl methyl sites for hydroxylation is 1. The molecular weight excluding hydrogens is 510 g/mol. The van der Waals surface area contributed by atoms with Crippen molar-refractivity contribution in [3.63, 3.8) is 0 Å². The molecular formula is C27H28BrN3O4. The summed E-state index contributed by atoms with van der Waals surface area (Å²) < 4.78 is 8.53. The number of hydrogen-bond donors (Lipinski definition) is 4. The van der Waals surface area contributed by atoms with E-state index in [1.54, 1.807) is 6.07 Å². The highest BCUT2D eigenvalue weighted by atomic mass is 79.9. The molecule has 182 valence electrons. The number of aromatic nitrogens is 2. The molecule has 0 bridgehead atoms. The number of rotatable bonds is 7. The number of halogens is 1. The quantitative estimate of drug-likeness (QED) is 0.272. The molecule has 0 aliphatic carbocycles. The lowest BCUT2D eigenvalue weighted by Gasteiger charge is -2.22. The number of phenolic OH excluding ortho intramolecular Hbond substituents is 1. The van der Waals surface area contributed by atoms with Crippen LogP contribution < -0.4 is 10.1 Å². The molecule has 0 spiro atoms. The normalized spacial score (nSPS) is 13.5. The number of aliphatic hydroxyl groups is 1. The fourth-order valence-corrected chi connectivity index (χ4v) is 5.42. The number of aromatic hydroxyl groups is 1. The first-order valence-corrected chi connectivity index (χ1v) is 12.5. The van der Waals surface area contributed by atoms with Crippen molar-refractivity contribution in [2.45, 2.75) is 45.4 Å². The van der Waals surface area contributed by atoms with E-state index in [2.05, 4.69) is 30.8 Å². The minimum atomic E-state index is -0.430. The number of carbonyl (C=O) groups is 1. The van der Waals surface area contributed by atoms with Crippen molar-refractivity contribution in [3.05, 3.63) is 70.0 Å². The fourth-order valence-electron chi connectivity index (χ4n) is 4.75. The minimum Gasteiger partial charge on any atom is -0.504 e. The lowest BCUT2D eigenvalue weighted by atomic mass is 9.97. The molecule has 7 nitrogen and oxygen atoms in total. The van der Waals surface area contributed by atoms with Gasteiger partial charge in [0.25, 0.3) is 5.91 Å². The average molecular weight is 538 g/mol. The van der Waals surface area contributed by atoms with Crippen LogP contribution in [0, 0.1) is 0 Å². The summed E-state index contributed by atoms with van der Waals surface area (Å²) in [5.41, 5.74) is 5.40. The van der Waals surface area contributed by atoms with Crippen LogP contribution in [0.25, 0.3) is 22.2 Å². The number of benzene rings is 2. The Morgan fingerprint density at radius 2 is 2.06 bits per heavy atom. The number of phenols is 1. The summed E-state index contributed by atoms with van der Waals surface area (Å²) in [6.45, 7) is 4.33. The molecule has 0 unspecified atom stereocenters. The summed E-state index contributed by atoms with van der Waals surface area (Å²) in [4.78, 5) is 16.5. The van der Waals surface area contributed by atoms with Gasteiger partial charge in [-0.1, -0.05) is 18.2 Å². The molecule has 0 fully saturated rings. The monoisotopic (exact) mass is 537 g/mol. The van der Waals surface area contributed by atoms with E-state index in [1.807, 2.05) is 56.4 Å². The lowest BCUT2D eigenvalue weighted by Crippen LogP contribution is -2.39. The van der Waals surface area contributed by atoms with Gasteiger partial charge in [-0.25, -0.2) is 0 Å². The Kier molecular flexibility index (Phi) is 6.34. The predicted octanol–water partition coefficient (Wildman–Crippen LogP) is 4.78. The number of nitrogens with one attached hydrogen (secondary N) is 2. The van der Waals surface area contributed by atoms with Crippen LogP contribution in [0.15, 0.2) is 53.3 Å². The molecule has 4 aromatic rings. The molecule has 0 saturated heterocycles. The molecule has 0 saturated carbocycles. The first-order valence-electron chi connectivity index (χ1n) is 11.7. The highest BCUT2D eigenvalue weighted by molar-refractivity contribution is 9.10. The van der Waals surface area contributed by atoms with Crippen LogP contribution in [0.1, 0.15) is 35.3 Å². The number of amides is 1. The summed E-state index contributed by atoms with van der Waals surface area (Å²) in [5, 5.41) is 24.5. The van der Waals surface area contributed by atoms with Crippen molar-refractivity contribution in [2.75, 3.05) is 6.61 Å². The maximum absolute atomic E-state index is 13.3. The zero-order valence-corrected chi connectivity index (χ0v) is 21.2. The van der Waals surface area contributed by atoms with Crippen LogP contribution in [-0.2, 0) is 19.4 Å². The Balaban J connectivity index is 1.41. The molecule has 0 radical (unpaired) electrons. The van der Waals surface area contributed by atoms with E-state index < -0.39 is 6.04 Å². The number of fused-ring (bicyclic) bond motifs is 4. The van der Waals surface area contributed by atoms with Gasteiger partial charge in [-0.2, -0.15) is 0 Å². The van der Waals surface area contributed by atoms with Crippen LogP contribution in [-0.4, -0.2) is 44.4 Å². The maximum Gasteiger partial charge on any atom is 0.254 e. The molecule has 1 aliphatic rings. The molecule has 1 amide bonds. The second kappa shape index (κ2) is 9.43. The zero-order valence-electron chi connectivity index (χ0n) is 19.6. The van der Waals surface area contributed by atoms with Crippen molar-refractivity contribution in [1.29, 1.82) is 0 Å². The van der Waals surface area contributed by atoms with Crippen molar-refractivity contribution in [3.8, 4) is 22.8 Å². The second-order valence-electron chi connectivity index (χ2n) is 9.20. The largest absolute Gasteiger partial charge is 0.504 e. The maximum atomic E-state index is 13.3. The number of hydrogen-bond acceptors (Lipinski definition) is 4. The third-order valence-electron chi connectivity index (χ3n) is 6.40. The summed E-state index contributed by atoms with van der Waals surface area (Å²) in [6.07, 6.45) is 3.09. The molecule has 2 aromatic heterocycles. The molecule has 1 atom stereocenters. The van der Waals surface area contributed by atoms with Gasteiger partial charge in [0, 0.05) is 29.2 Å². The third kappa shape index (κ3) is 4.44. The number of aliphatic hydroxyl groups excluding tert-OH is 1. The Morgan fingerprint density at radius 1 is 1.26 bits per heavy atom. The topological polar surface area (TPSA) is 99.5 Å². The van der Waals surface area contributed by atoms with E-state index in [1.165, 1.54) is 0 Å². The smallest absolute Gasteiger partial charge is 0.254 e. The minimum absolute atomic E-state index is 0.0741. The number of para-hydroxylation sites is 1. The van der Waals surface area contributed by atoms with Gasteiger partial charge in [0.1, 0.15) is 0 Å². The molecule has 5 rings (SSSR count). The number of H-pyrrole nitrogens is 1. The van der Waals surface area contributed by atoms with Crippen LogP contribution >= 0.6 is 15.9 Å². The Bertz CT molecular complexity index is 1410. The standard InChI is InChI=1S/C27H28BrN3O4/c1-15(2)35-25-12-20-16(10-24(25)33)7-8-31-23(20)11-21(26(31)28)27(34)30-18(14-32)9-17-13-29-22-6-4-3-5-19(17)22/h3-6,10-13,15,18,29,32-33H,7-9,14H2,1-2H3,(H,30,34)/t18-/m1/s1. The predicted molar refractivity (Wildman–Crippen MR) is 139 cm³/mol. The summed E-state index contributed by atoms with van der Waals surface area (Å²) in [7, 11) is 0. The van der Waals surface area contributed by atoms with Crippen LogP contribution in [0.3, 0.4) is 0 Å². The van der Waals surface area contributed by atoms with Crippen molar-refractivity contribution < 1.29 is 19.7 Å². The highest BCUT2D eigenvalue weighted by Crippen LogP contribution is 2.41. The fraction of sp³-hybridized carbons (Fsp3) is 0.296. The van der Waals surface area contributed by atoms with E-state index >= 15 is 0 Å². The van der Waals surface area contributed by atoms with Crippen molar-refractivity contribution >= 4 is 32.7 Å². The Morgan fingerprint density at radius 3 is 2.83 bits per heavy atom. The van der Waals surface area contributed by atoms with E-state index in [4.69, 9.17) is 4.74 Å². The van der Waals surface area contributed by atoms with Gasteiger partial charge in [0.05, 0.1) is 34.6 Å². The second-order valence-corrected chi connectivity index (χ2v) is 9.95. The SMILES string of the molecule is CC(C)Oc1cc2c(cc1O)CCn1c-2cc(C(=O)N[C@@H](CO)Cc2c[nH]c3ccccc23)c1Br. The number of carbonyl (C=O) groups excluding carboxylic acids is 1. The van der Waals surface area contributed by atoms with Crippen molar-refractivity contribution in [1.82, 2.24) is 14.9 Å². The van der Waals surface area contributed by atoms with E-state index in [9.17, 15) is 15.0 Å². The number of aromatic amines is 1. The first-order chi connectivity index (χ1) is 16.9. The highest BCUT2D eigenvalue weighted by Gasteiger charge is 2.27. The first kappa shape index (κ1) is 23.5. The zero-order chi connectivity index (χ0) is 24.7. The molecule has 4 N–H and O–H groups in total. The van der Waals surface area contributed by atoms with Gasteiger partial charge < -0.3 is 29.8 Å².